The highest BCUT2D eigenvalue weighted by Gasteiger charge is 1.99. The summed E-state index contributed by atoms with van der Waals surface area (Å²) >= 11 is 0. The largest absolute Gasteiger partial charge is 0.341 e. The van der Waals surface area contributed by atoms with Crippen LogP contribution < -0.4 is 11.1 Å². The summed E-state index contributed by atoms with van der Waals surface area (Å²) in [5, 5.41) is 3.26. The third-order valence-electron chi connectivity index (χ3n) is 2.30. The van der Waals surface area contributed by atoms with Gasteiger partial charge in [-0.2, -0.15) is 0 Å². The van der Waals surface area contributed by atoms with E-state index in [4.69, 9.17) is 5.73 Å². The molecule has 1 aromatic carbocycles. The van der Waals surface area contributed by atoms with Gasteiger partial charge in [-0.15, -0.1) is 0 Å². The molecule has 0 bridgehead atoms. The number of aromatic nitrogens is 2. The van der Waals surface area contributed by atoms with Crippen LogP contribution in [0, 0.1) is 0 Å². The van der Waals surface area contributed by atoms with E-state index in [9.17, 15) is 0 Å². The Morgan fingerprint density at radius 2 is 2.19 bits per heavy atom. The highest BCUT2D eigenvalue weighted by Crippen LogP contribution is 2.09. The number of hydrogen-bond donors (Lipinski definition) is 3. The number of H-pyrrole nitrogens is 1. The smallest absolute Gasteiger partial charge is 0.121 e. The lowest BCUT2D eigenvalue weighted by atomic mass is 10.3. The molecule has 0 saturated heterocycles. The Morgan fingerprint density at radius 3 is 3.00 bits per heavy atom. The molecule has 4 N–H and O–H groups in total. The molecule has 4 heteroatoms. The number of hydrogen-bond acceptors (Lipinski definition) is 3. The van der Waals surface area contributed by atoms with Gasteiger partial charge >= 0.3 is 0 Å². The van der Waals surface area contributed by atoms with Crippen molar-refractivity contribution in [2.75, 3.05) is 13.1 Å². The molecule has 0 aliphatic carbocycles. The fraction of sp³-hybridized carbons (Fsp3) is 0.250. The second kappa shape index (κ2) is 5.44. The van der Waals surface area contributed by atoms with E-state index in [-0.39, 0.29) is 0 Å². The maximum Gasteiger partial charge on any atom is 0.121 e. The third kappa shape index (κ3) is 2.68. The highest BCUT2D eigenvalue weighted by molar-refractivity contribution is 5.74. The van der Waals surface area contributed by atoms with Crippen molar-refractivity contribution >= 4 is 11.0 Å². The minimum Gasteiger partial charge on any atom is -0.341 e. The van der Waals surface area contributed by atoms with Gasteiger partial charge < -0.3 is 16.0 Å². The standard InChI is InChI=1S/C12H16N4/c13-7-3-4-8-14-9-12-15-10-5-1-2-6-11(10)16-12/h1-6,14H,7-9,13H2,(H,15,16)/b4-3-. The molecule has 2 aromatic rings. The number of para-hydroxylation sites is 2. The van der Waals surface area contributed by atoms with Gasteiger partial charge in [-0.3, -0.25) is 0 Å². The maximum atomic E-state index is 5.34. The van der Waals surface area contributed by atoms with Crippen LogP contribution in [0.4, 0.5) is 0 Å². The molecule has 1 aromatic heterocycles. The fourth-order valence-corrected chi connectivity index (χ4v) is 1.54. The Hall–Kier alpha value is -1.65. The van der Waals surface area contributed by atoms with Gasteiger partial charge in [0.05, 0.1) is 17.6 Å². The Morgan fingerprint density at radius 1 is 1.31 bits per heavy atom. The number of aromatic amines is 1. The van der Waals surface area contributed by atoms with E-state index in [1.165, 1.54) is 0 Å². The second-order valence-corrected chi connectivity index (χ2v) is 3.54. The lowest BCUT2D eigenvalue weighted by Crippen LogP contribution is -2.14. The molecule has 1 heterocycles. The summed E-state index contributed by atoms with van der Waals surface area (Å²) in [7, 11) is 0. The van der Waals surface area contributed by atoms with Crippen LogP contribution in [0.3, 0.4) is 0 Å². The normalized spacial score (nSPS) is 11.6. The summed E-state index contributed by atoms with van der Waals surface area (Å²) in [6.07, 6.45) is 3.95. The molecule has 2 rings (SSSR count). The minimum atomic E-state index is 0.590. The van der Waals surface area contributed by atoms with E-state index in [0.29, 0.717) is 6.54 Å². The average molecular weight is 216 g/mol. The summed E-state index contributed by atoms with van der Waals surface area (Å²) in [6, 6.07) is 8.02. The number of fused-ring (bicyclic) bond motifs is 1. The maximum absolute atomic E-state index is 5.34. The molecule has 16 heavy (non-hydrogen) atoms. The minimum absolute atomic E-state index is 0.590. The zero-order chi connectivity index (χ0) is 11.2. The Labute approximate surface area is 94.6 Å². The molecule has 4 nitrogen and oxygen atoms in total. The summed E-state index contributed by atoms with van der Waals surface area (Å²) in [4.78, 5) is 7.73. The zero-order valence-corrected chi connectivity index (χ0v) is 9.11. The van der Waals surface area contributed by atoms with Crippen molar-refractivity contribution in [1.82, 2.24) is 15.3 Å². The average Bonchev–Trinajstić information content (AvgIpc) is 2.71. The van der Waals surface area contributed by atoms with Crippen LogP contribution in [0.25, 0.3) is 11.0 Å². The van der Waals surface area contributed by atoms with E-state index in [1.807, 2.05) is 36.4 Å². The summed E-state index contributed by atoms with van der Waals surface area (Å²) in [5.41, 5.74) is 7.43. The molecular weight excluding hydrogens is 200 g/mol. The van der Waals surface area contributed by atoms with E-state index in [1.54, 1.807) is 0 Å². The molecule has 0 aliphatic heterocycles. The first kappa shape index (κ1) is 10.9. The predicted octanol–water partition coefficient (Wildman–Crippen LogP) is 1.17. The zero-order valence-electron chi connectivity index (χ0n) is 9.11. The first-order valence-corrected chi connectivity index (χ1v) is 5.39. The van der Waals surface area contributed by atoms with Crippen molar-refractivity contribution in [1.29, 1.82) is 0 Å². The third-order valence-corrected chi connectivity index (χ3v) is 2.30. The molecule has 0 unspecified atom stereocenters. The van der Waals surface area contributed by atoms with Crippen molar-refractivity contribution in [3.05, 3.63) is 42.2 Å². The Kier molecular flexibility index (Phi) is 3.69. The van der Waals surface area contributed by atoms with Crippen LogP contribution in [0.15, 0.2) is 36.4 Å². The number of rotatable bonds is 5. The lowest BCUT2D eigenvalue weighted by molar-refractivity contribution is 0.727. The van der Waals surface area contributed by atoms with Gasteiger partial charge in [0.2, 0.25) is 0 Å². The fourth-order valence-electron chi connectivity index (χ4n) is 1.54. The highest BCUT2D eigenvalue weighted by atomic mass is 15.0. The number of benzene rings is 1. The lowest BCUT2D eigenvalue weighted by Gasteiger charge is -1.96. The predicted molar refractivity (Wildman–Crippen MR) is 66.0 cm³/mol. The van der Waals surface area contributed by atoms with Crippen molar-refractivity contribution in [2.24, 2.45) is 5.73 Å². The van der Waals surface area contributed by atoms with Crippen LogP contribution >= 0.6 is 0 Å². The molecule has 84 valence electrons. The second-order valence-electron chi connectivity index (χ2n) is 3.54. The number of imidazole rings is 1. The molecule has 0 aliphatic rings. The molecule has 0 fully saturated rings. The molecule has 0 radical (unpaired) electrons. The van der Waals surface area contributed by atoms with Crippen molar-refractivity contribution in [3.8, 4) is 0 Å². The van der Waals surface area contributed by atoms with Gasteiger partial charge in [0.25, 0.3) is 0 Å². The topological polar surface area (TPSA) is 66.7 Å². The van der Waals surface area contributed by atoms with Crippen LogP contribution in [-0.2, 0) is 6.54 Å². The Balaban J connectivity index is 1.92. The van der Waals surface area contributed by atoms with Gasteiger partial charge in [-0.25, -0.2) is 4.98 Å². The first-order chi connectivity index (χ1) is 7.90. The van der Waals surface area contributed by atoms with Gasteiger partial charge in [-0.1, -0.05) is 24.3 Å². The summed E-state index contributed by atoms with van der Waals surface area (Å²) in [6.45, 7) is 2.14. The van der Waals surface area contributed by atoms with Gasteiger partial charge in [-0.05, 0) is 12.1 Å². The summed E-state index contributed by atoms with van der Waals surface area (Å²) in [5.74, 6) is 0.961. The first-order valence-electron chi connectivity index (χ1n) is 5.39. The van der Waals surface area contributed by atoms with Gasteiger partial charge in [0.15, 0.2) is 0 Å². The van der Waals surface area contributed by atoms with Crippen LogP contribution in [0.1, 0.15) is 5.82 Å². The van der Waals surface area contributed by atoms with Crippen molar-refractivity contribution < 1.29 is 0 Å². The monoisotopic (exact) mass is 216 g/mol. The SMILES string of the molecule is NC/C=C\CNCc1nc2ccccc2[nH]1. The molecule has 0 amide bonds. The van der Waals surface area contributed by atoms with Gasteiger partial charge in [0, 0.05) is 13.1 Å². The van der Waals surface area contributed by atoms with Crippen molar-refractivity contribution in [2.45, 2.75) is 6.54 Å². The molecule has 0 atom stereocenters. The molecular formula is C12H16N4. The Bertz CT molecular complexity index is 440. The van der Waals surface area contributed by atoms with Crippen molar-refractivity contribution in [3.63, 3.8) is 0 Å². The van der Waals surface area contributed by atoms with E-state index < -0.39 is 0 Å². The molecule has 0 spiro atoms. The number of nitrogens with two attached hydrogens (primary N) is 1. The quantitative estimate of drug-likeness (QED) is 0.519. The van der Waals surface area contributed by atoms with E-state index in [2.05, 4.69) is 15.3 Å². The van der Waals surface area contributed by atoms with Gasteiger partial charge in [0.1, 0.15) is 5.82 Å². The van der Waals surface area contributed by atoms with Crippen LogP contribution in [0.2, 0.25) is 0 Å². The van der Waals surface area contributed by atoms with E-state index in [0.717, 1.165) is 29.9 Å². The van der Waals surface area contributed by atoms with Crippen LogP contribution in [0.5, 0.6) is 0 Å². The molecule has 0 saturated carbocycles. The summed E-state index contributed by atoms with van der Waals surface area (Å²) < 4.78 is 0. The number of nitrogens with zero attached hydrogens (tertiary/aromatic N) is 1. The van der Waals surface area contributed by atoms with E-state index >= 15 is 0 Å². The number of nitrogens with one attached hydrogen (secondary N) is 2. The van der Waals surface area contributed by atoms with Crippen LogP contribution in [-0.4, -0.2) is 23.1 Å².